The molecule has 7 nitrogen and oxygen atoms in total. The van der Waals surface area contributed by atoms with Crippen LogP contribution in [0.5, 0.6) is 0 Å². The lowest BCUT2D eigenvalue weighted by Gasteiger charge is -2.42. The number of carbonyl (C=O) groups excluding carboxylic acids is 3. The molecule has 1 saturated heterocycles. The van der Waals surface area contributed by atoms with E-state index < -0.39 is 12.1 Å². The van der Waals surface area contributed by atoms with Crippen molar-refractivity contribution in [2.75, 3.05) is 13.6 Å². The van der Waals surface area contributed by atoms with Gasteiger partial charge in [-0.3, -0.25) is 14.4 Å². The Hall–Kier alpha value is -2.74. The Labute approximate surface area is 199 Å². The van der Waals surface area contributed by atoms with Crippen LogP contribution in [0.25, 0.3) is 10.9 Å². The molecule has 1 aromatic carbocycles. The third kappa shape index (κ3) is 4.35. The molecule has 2 amide bonds. The molecule has 0 spiro atoms. The molecule has 34 heavy (non-hydrogen) atoms. The van der Waals surface area contributed by atoms with Gasteiger partial charge in [0.25, 0.3) is 0 Å². The number of fused-ring (bicyclic) bond motifs is 2. The first-order valence-electron chi connectivity index (χ1n) is 12.3. The predicted octanol–water partition coefficient (Wildman–Crippen LogP) is 3.11. The van der Waals surface area contributed by atoms with Gasteiger partial charge < -0.3 is 20.5 Å². The molecule has 6 atom stereocenters. The van der Waals surface area contributed by atoms with Crippen LogP contribution in [0.15, 0.2) is 24.4 Å². The van der Waals surface area contributed by atoms with Gasteiger partial charge in [-0.15, -0.1) is 0 Å². The Morgan fingerprint density at radius 1 is 1.24 bits per heavy atom. The highest BCUT2D eigenvalue weighted by molar-refractivity contribution is 5.90. The predicted molar refractivity (Wildman–Crippen MR) is 129 cm³/mol. The van der Waals surface area contributed by atoms with Gasteiger partial charge in [-0.25, -0.2) is 4.39 Å². The van der Waals surface area contributed by atoms with Crippen LogP contribution in [0.4, 0.5) is 4.39 Å². The van der Waals surface area contributed by atoms with Gasteiger partial charge >= 0.3 is 0 Å². The Balaban J connectivity index is 1.68. The number of halogens is 1. The van der Waals surface area contributed by atoms with Gasteiger partial charge in [-0.2, -0.15) is 0 Å². The second-order valence-corrected chi connectivity index (χ2v) is 9.79. The molecule has 0 bridgehead atoms. The number of benzene rings is 1. The summed E-state index contributed by atoms with van der Waals surface area (Å²) in [5.74, 6) is -0.487. The van der Waals surface area contributed by atoms with Gasteiger partial charge in [-0.1, -0.05) is 6.92 Å². The fourth-order valence-corrected chi connectivity index (χ4v) is 6.03. The van der Waals surface area contributed by atoms with Crippen LogP contribution in [0, 0.1) is 17.7 Å². The summed E-state index contributed by atoms with van der Waals surface area (Å²) in [5, 5.41) is 6.63. The molecule has 1 aliphatic heterocycles. The molecular formula is C26H35FN4O3. The number of likely N-dealkylation sites (tertiary alicyclic amines) is 1. The molecule has 2 aromatic rings. The lowest BCUT2D eigenvalue weighted by Crippen LogP contribution is -2.55. The Kier molecular flexibility index (Phi) is 7.07. The molecule has 2 aliphatic rings. The summed E-state index contributed by atoms with van der Waals surface area (Å²) in [7, 11) is 1.71. The van der Waals surface area contributed by atoms with Crippen molar-refractivity contribution in [2.45, 2.75) is 70.5 Å². The van der Waals surface area contributed by atoms with Crippen LogP contribution in [0.3, 0.4) is 0 Å². The number of hydrogen-bond donors (Lipinski definition) is 3. The quantitative estimate of drug-likeness (QED) is 0.580. The number of rotatable bonds is 7. The number of hydrogen-bond acceptors (Lipinski definition) is 4. The van der Waals surface area contributed by atoms with Gasteiger partial charge in [0.1, 0.15) is 17.6 Å². The molecule has 184 valence electrons. The van der Waals surface area contributed by atoms with E-state index >= 15 is 0 Å². The monoisotopic (exact) mass is 470 g/mol. The van der Waals surface area contributed by atoms with E-state index in [-0.39, 0.29) is 47.2 Å². The summed E-state index contributed by atoms with van der Waals surface area (Å²) in [5.41, 5.74) is 1.85. The molecule has 4 rings (SSSR count). The third-order valence-corrected chi connectivity index (χ3v) is 7.95. The summed E-state index contributed by atoms with van der Waals surface area (Å²) < 4.78 is 14.1. The summed E-state index contributed by atoms with van der Waals surface area (Å²) in [6.07, 6.45) is 4.67. The molecule has 8 heteroatoms. The first kappa shape index (κ1) is 24.4. The first-order chi connectivity index (χ1) is 16.3. The highest BCUT2D eigenvalue weighted by Crippen LogP contribution is 2.49. The number of nitrogens with zero attached hydrogens (tertiary/aromatic N) is 1. The maximum Gasteiger partial charge on any atom is 0.245 e. The van der Waals surface area contributed by atoms with Crippen LogP contribution in [0.2, 0.25) is 0 Å². The van der Waals surface area contributed by atoms with E-state index in [1.54, 1.807) is 33.0 Å². The zero-order valence-corrected chi connectivity index (χ0v) is 20.4. The summed E-state index contributed by atoms with van der Waals surface area (Å²) in [6, 6.07) is 3.52. The Bertz CT molecular complexity index is 1080. The van der Waals surface area contributed by atoms with Crippen molar-refractivity contribution in [3.05, 3.63) is 35.8 Å². The minimum absolute atomic E-state index is 0.00737. The Morgan fingerprint density at radius 3 is 2.68 bits per heavy atom. The van der Waals surface area contributed by atoms with E-state index in [9.17, 15) is 18.8 Å². The van der Waals surface area contributed by atoms with Crippen molar-refractivity contribution in [3.8, 4) is 0 Å². The van der Waals surface area contributed by atoms with Crippen molar-refractivity contribution < 1.29 is 18.8 Å². The molecule has 1 aromatic heterocycles. The number of Topliss-reactive ketones (excluding diaryl/α,β-unsaturated/α-hetero) is 1. The normalized spacial score (nSPS) is 26.2. The van der Waals surface area contributed by atoms with E-state index in [1.165, 1.54) is 6.07 Å². The number of aromatic nitrogens is 1. The van der Waals surface area contributed by atoms with Gasteiger partial charge in [-0.05, 0) is 76.3 Å². The average molecular weight is 471 g/mol. The number of H-pyrrole nitrogens is 1. The lowest BCUT2D eigenvalue weighted by molar-refractivity contribution is -0.139. The van der Waals surface area contributed by atoms with Crippen molar-refractivity contribution in [2.24, 2.45) is 11.8 Å². The SMILES string of the molecule is CCC(NC(=O)C(C)NC)C(=O)N1CCC2C(C(C)=O)CCC(c3c[nH]c4ccc(F)cc34)C21. The van der Waals surface area contributed by atoms with Crippen LogP contribution in [-0.4, -0.2) is 59.2 Å². The zero-order valence-electron chi connectivity index (χ0n) is 20.4. The molecule has 2 heterocycles. The maximum absolute atomic E-state index is 14.1. The fourth-order valence-electron chi connectivity index (χ4n) is 6.03. The van der Waals surface area contributed by atoms with E-state index in [0.717, 1.165) is 35.7 Å². The number of nitrogens with one attached hydrogen (secondary N) is 3. The maximum atomic E-state index is 14.1. The molecule has 0 radical (unpaired) electrons. The van der Waals surface area contributed by atoms with Crippen molar-refractivity contribution in [3.63, 3.8) is 0 Å². The number of aromatic amines is 1. The van der Waals surface area contributed by atoms with E-state index in [0.29, 0.717) is 13.0 Å². The average Bonchev–Trinajstić information content (AvgIpc) is 3.45. The topological polar surface area (TPSA) is 94.3 Å². The molecule has 2 fully saturated rings. The summed E-state index contributed by atoms with van der Waals surface area (Å²) in [4.78, 5) is 43.8. The van der Waals surface area contributed by atoms with Gasteiger partial charge in [0, 0.05) is 41.5 Å². The molecule has 3 N–H and O–H groups in total. The summed E-state index contributed by atoms with van der Waals surface area (Å²) >= 11 is 0. The van der Waals surface area contributed by atoms with E-state index in [4.69, 9.17) is 0 Å². The Morgan fingerprint density at radius 2 is 2.00 bits per heavy atom. The second-order valence-electron chi connectivity index (χ2n) is 9.79. The number of ketones is 1. The first-order valence-corrected chi connectivity index (χ1v) is 12.3. The highest BCUT2D eigenvalue weighted by atomic mass is 19.1. The minimum Gasteiger partial charge on any atom is -0.361 e. The standard InChI is InChI=1S/C26H35FN4O3/c1-5-22(30-25(33)14(2)28-4)26(34)31-11-10-19-17(15(3)32)7-8-18(24(19)31)21-13-29-23-9-6-16(27)12-20(21)23/h6,9,12-14,17-19,22,24,28-29H,5,7-8,10-11H2,1-4H3,(H,30,33). The van der Waals surface area contributed by atoms with Gasteiger partial charge in [0.05, 0.1) is 6.04 Å². The number of likely N-dealkylation sites (N-methyl/N-ethyl adjacent to an activating group) is 1. The molecule has 1 aliphatic carbocycles. The van der Waals surface area contributed by atoms with Crippen LogP contribution in [-0.2, 0) is 14.4 Å². The number of carbonyl (C=O) groups is 3. The third-order valence-electron chi connectivity index (χ3n) is 7.95. The minimum atomic E-state index is -0.624. The second kappa shape index (κ2) is 9.86. The van der Waals surface area contributed by atoms with Gasteiger partial charge in [0.2, 0.25) is 11.8 Å². The smallest absolute Gasteiger partial charge is 0.245 e. The fraction of sp³-hybridized carbons (Fsp3) is 0.577. The molecule has 1 saturated carbocycles. The van der Waals surface area contributed by atoms with E-state index in [2.05, 4.69) is 15.6 Å². The largest absolute Gasteiger partial charge is 0.361 e. The molecule has 6 unspecified atom stereocenters. The lowest BCUT2D eigenvalue weighted by atomic mass is 9.67. The van der Waals surface area contributed by atoms with Crippen LogP contribution < -0.4 is 10.6 Å². The van der Waals surface area contributed by atoms with E-state index in [1.807, 2.05) is 18.0 Å². The van der Waals surface area contributed by atoms with Gasteiger partial charge in [0.15, 0.2) is 0 Å². The van der Waals surface area contributed by atoms with Crippen molar-refractivity contribution >= 4 is 28.5 Å². The zero-order chi connectivity index (χ0) is 24.6. The number of amides is 2. The van der Waals surface area contributed by atoms with Crippen LogP contribution in [0.1, 0.15) is 57.9 Å². The molecular weight excluding hydrogens is 435 g/mol. The van der Waals surface area contributed by atoms with Crippen LogP contribution >= 0.6 is 0 Å². The van der Waals surface area contributed by atoms with Crippen molar-refractivity contribution in [1.82, 2.24) is 20.5 Å². The highest BCUT2D eigenvalue weighted by Gasteiger charge is 2.50. The van der Waals surface area contributed by atoms with Crippen molar-refractivity contribution in [1.29, 1.82) is 0 Å². The summed E-state index contributed by atoms with van der Waals surface area (Å²) in [6.45, 7) is 5.84.